The van der Waals surface area contributed by atoms with Crippen molar-refractivity contribution in [3.8, 4) is 23.3 Å². The number of rotatable bonds is 12. The van der Waals surface area contributed by atoms with E-state index in [0.717, 1.165) is 16.9 Å². The van der Waals surface area contributed by atoms with Gasteiger partial charge in [-0.05, 0) is 80.4 Å². The van der Waals surface area contributed by atoms with Crippen molar-refractivity contribution in [1.29, 1.82) is 5.26 Å². The summed E-state index contributed by atoms with van der Waals surface area (Å²) < 4.78 is 29.5. The van der Waals surface area contributed by atoms with Gasteiger partial charge in [-0.15, -0.1) is 0 Å². The largest absolute Gasteiger partial charge is 0.490 e. The molecule has 0 aliphatic carbocycles. The van der Waals surface area contributed by atoms with Crippen molar-refractivity contribution in [1.82, 2.24) is 4.57 Å². The third kappa shape index (κ3) is 7.85. The van der Waals surface area contributed by atoms with Gasteiger partial charge in [-0.2, -0.15) is 5.26 Å². The van der Waals surface area contributed by atoms with Crippen LogP contribution in [-0.4, -0.2) is 43.4 Å². The average Bonchev–Trinajstić information content (AvgIpc) is 3.40. The first-order chi connectivity index (χ1) is 23.7. The van der Waals surface area contributed by atoms with Gasteiger partial charge in [0.05, 0.1) is 53.8 Å². The molecular weight excluding hydrogens is 670 g/mol. The zero-order valence-electron chi connectivity index (χ0n) is 27.2. The number of nitriles is 1. The number of carbonyl (C=O) groups is 2. The molecule has 0 saturated carbocycles. The first-order valence-electron chi connectivity index (χ1n) is 15.2. The van der Waals surface area contributed by atoms with Gasteiger partial charge in [0.15, 0.2) is 22.9 Å². The molecule has 0 saturated heterocycles. The molecule has 1 atom stereocenters. The van der Waals surface area contributed by atoms with Crippen LogP contribution in [0, 0.1) is 11.3 Å². The van der Waals surface area contributed by atoms with E-state index in [1.54, 1.807) is 75.4 Å². The molecule has 0 spiro atoms. The SMILES string of the molecule is CCOC(=O)C1=C(C)N=c2s/c(=C/c3cc(Cl)ccc3OCc3ccc(C#N)cc3)c(=O)n2[C@@H]1c1ccc(OCC(=O)OC)c(OCC)c1. The second kappa shape index (κ2) is 15.7. The monoisotopic (exact) mass is 701 g/mol. The van der Waals surface area contributed by atoms with Crippen LogP contribution >= 0.6 is 22.9 Å². The Hall–Kier alpha value is -5.38. The molecule has 1 aliphatic rings. The zero-order valence-corrected chi connectivity index (χ0v) is 28.7. The number of esters is 2. The maximum atomic E-state index is 14.3. The lowest BCUT2D eigenvalue weighted by atomic mass is 9.95. The Morgan fingerprint density at radius 2 is 1.76 bits per heavy atom. The number of benzene rings is 3. The number of ether oxygens (including phenoxy) is 5. The van der Waals surface area contributed by atoms with E-state index in [4.69, 9.17) is 35.8 Å². The number of carbonyl (C=O) groups excluding carboxylic acids is 2. The fourth-order valence-electron chi connectivity index (χ4n) is 5.13. The van der Waals surface area contributed by atoms with Crippen molar-refractivity contribution in [2.75, 3.05) is 26.9 Å². The van der Waals surface area contributed by atoms with E-state index in [0.29, 0.717) is 48.2 Å². The molecule has 11 nitrogen and oxygen atoms in total. The minimum atomic E-state index is -0.919. The lowest BCUT2D eigenvalue weighted by Crippen LogP contribution is -2.40. The van der Waals surface area contributed by atoms with Crippen LogP contribution in [0.1, 0.15) is 49.1 Å². The highest BCUT2D eigenvalue weighted by atomic mass is 35.5. The number of allylic oxidation sites excluding steroid dienone is 1. The minimum Gasteiger partial charge on any atom is -0.490 e. The molecule has 49 heavy (non-hydrogen) atoms. The van der Waals surface area contributed by atoms with Crippen LogP contribution in [0.5, 0.6) is 17.2 Å². The molecule has 1 aliphatic heterocycles. The van der Waals surface area contributed by atoms with Gasteiger partial charge in [-0.3, -0.25) is 9.36 Å². The predicted octanol–water partition coefficient (Wildman–Crippen LogP) is 4.85. The van der Waals surface area contributed by atoms with E-state index < -0.39 is 23.5 Å². The number of thiazole rings is 1. The molecule has 0 radical (unpaired) electrons. The Balaban J connectivity index is 1.60. The van der Waals surface area contributed by atoms with Gasteiger partial charge >= 0.3 is 11.9 Å². The summed E-state index contributed by atoms with van der Waals surface area (Å²) in [6.07, 6.45) is 1.68. The van der Waals surface area contributed by atoms with Crippen LogP contribution in [0.15, 0.2) is 81.7 Å². The molecule has 5 rings (SSSR count). The van der Waals surface area contributed by atoms with E-state index in [1.165, 1.54) is 11.7 Å². The topological polar surface area (TPSA) is 138 Å². The standard InChI is InChI=1S/C36H32ClN3O8S/c1-5-45-29-16-24(11-13-28(29)48-20-31(41)44-4)33-32(35(43)46-6-2)21(3)39-36-40(33)34(42)30(49-36)17-25-15-26(37)12-14-27(25)47-19-23-9-7-22(18-38)8-10-23/h7-17,33H,5-6,19-20H2,1-4H3/b30-17+/t33-/m1/s1. The smallest absolute Gasteiger partial charge is 0.343 e. The van der Waals surface area contributed by atoms with Crippen molar-refractivity contribution in [2.24, 2.45) is 4.99 Å². The van der Waals surface area contributed by atoms with Gasteiger partial charge < -0.3 is 23.7 Å². The number of nitrogens with zero attached hydrogens (tertiary/aromatic N) is 3. The first-order valence-corrected chi connectivity index (χ1v) is 16.4. The van der Waals surface area contributed by atoms with Gasteiger partial charge in [0.1, 0.15) is 12.4 Å². The number of halogens is 1. The van der Waals surface area contributed by atoms with Crippen LogP contribution in [0.2, 0.25) is 5.02 Å². The third-order valence-electron chi connectivity index (χ3n) is 7.41. The van der Waals surface area contributed by atoms with Crippen LogP contribution in [-0.2, 0) is 25.7 Å². The Morgan fingerprint density at radius 3 is 2.45 bits per heavy atom. The second-order valence-electron chi connectivity index (χ2n) is 10.6. The summed E-state index contributed by atoms with van der Waals surface area (Å²) in [7, 11) is 1.26. The summed E-state index contributed by atoms with van der Waals surface area (Å²) in [4.78, 5) is 44.4. The molecule has 13 heteroatoms. The molecule has 2 heterocycles. The van der Waals surface area contributed by atoms with Crippen molar-refractivity contribution >= 4 is 41.0 Å². The summed E-state index contributed by atoms with van der Waals surface area (Å²) in [5, 5.41) is 9.54. The predicted molar refractivity (Wildman–Crippen MR) is 182 cm³/mol. The maximum absolute atomic E-state index is 14.3. The quantitative estimate of drug-likeness (QED) is 0.190. The second-order valence-corrected chi connectivity index (χ2v) is 12.0. The average molecular weight is 702 g/mol. The van der Waals surface area contributed by atoms with E-state index in [1.807, 2.05) is 12.1 Å². The molecule has 0 bridgehead atoms. The van der Waals surface area contributed by atoms with Crippen LogP contribution in [0.4, 0.5) is 0 Å². The van der Waals surface area contributed by atoms with Gasteiger partial charge in [0.25, 0.3) is 5.56 Å². The molecule has 0 unspecified atom stereocenters. The lowest BCUT2D eigenvalue weighted by molar-refractivity contribution is -0.143. The molecule has 1 aromatic heterocycles. The molecule has 3 aromatic carbocycles. The Bertz CT molecular complexity index is 2150. The molecule has 0 N–H and O–H groups in total. The highest BCUT2D eigenvalue weighted by molar-refractivity contribution is 7.07. The summed E-state index contributed by atoms with van der Waals surface area (Å²) >= 11 is 7.53. The fourth-order valence-corrected chi connectivity index (χ4v) is 6.34. The van der Waals surface area contributed by atoms with Crippen molar-refractivity contribution in [3.05, 3.63) is 119 Å². The van der Waals surface area contributed by atoms with Crippen LogP contribution in [0.3, 0.4) is 0 Å². The number of methoxy groups -OCH3 is 1. The van der Waals surface area contributed by atoms with E-state index >= 15 is 0 Å². The molecule has 4 aromatic rings. The normalized spacial score (nSPS) is 14.0. The zero-order chi connectivity index (χ0) is 35.1. The van der Waals surface area contributed by atoms with Crippen LogP contribution in [0.25, 0.3) is 6.08 Å². The van der Waals surface area contributed by atoms with Gasteiger partial charge in [-0.1, -0.05) is 41.1 Å². The van der Waals surface area contributed by atoms with Crippen LogP contribution < -0.4 is 29.1 Å². The van der Waals surface area contributed by atoms with Crippen molar-refractivity contribution < 1.29 is 33.3 Å². The molecule has 0 amide bonds. The third-order valence-corrected chi connectivity index (χ3v) is 8.63. The summed E-state index contributed by atoms with van der Waals surface area (Å²) in [5.41, 5.74) is 2.69. The van der Waals surface area contributed by atoms with Gasteiger partial charge in [-0.25, -0.2) is 14.6 Å². The van der Waals surface area contributed by atoms with Crippen molar-refractivity contribution in [3.63, 3.8) is 0 Å². The number of hydrogen-bond donors (Lipinski definition) is 0. The Labute approximate surface area is 290 Å². The summed E-state index contributed by atoms with van der Waals surface area (Å²) in [6, 6.07) is 18.3. The Kier molecular flexibility index (Phi) is 11.2. The summed E-state index contributed by atoms with van der Waals surface area (Å²) in [5.74, 6) is -0.0868. The number of fused-ring (bicyclic) bond motifs is 1. The minimum absolute atomic E-state index is 0.122. The van der Waals surface area contributed by atoms with E-state index in [2.05, 4.69) is 15.8 Å². The van der Waals surface area contributed by atoms with E-state index in [-0.39, 0.29) is 37.8 Å². The first kappa shape index (κ1) is 34.9. The molecule has 252 valence electrons. The molecule has 0 fully saturated rings. The summed E-state index contributed by atoms with van der Waals surface area (Å²) in [6.45, 7) is 5.49. The van der Waals surface area contributed by atoms with Crippen molar-refractivity contribution in [2.45, 2.75) is 33.4 Å². The highest BCUT2D eigenvalue weighted by Gasteiger charge is 2.34. The van der Waals surface area contributed by atoms with E-state index in [9.17, 15) is 14.4 Å². The Morgan fingerprint density at radius 1 is 1.00 bits per heavy atom. The highest BCUT2D eigenvalue weighted by Crippen LogP contribution is 2.36. The maximum Gasteiger partial charge on any atom is 0.343 e. The number of aromatic nitrogens is 1. The number of hydrogen-bond acceptors (Lipinski definition) is 11. The fraction of sp³-hybridized carbons (Fsp3) is 0.250. The van der Waals surface area contributed by atoms with Gasteiger partial charge in [0.2, 0.25) is 0 Å². The lowest BCUT2D eigenvalue weighted by Gasteiger charge is -2.25. The molecular formula is C36H32ClN3O8S. The van der Waals surface area contributed by atoms with Gasteiger partial charge in [0, 0.05) is 10.6 Å².